The molecule has 1 unspecified atom stereocenters. The monoisotopic (exact) mass is 543 g/mol. The Morgan fingerprint density at radius 1 is 0.902 bits per heavy atom. The van der Waals surface area contributed by atoms with E-state index in [1.165, 1.54) is 0 Å². The van der Waals surface area contributed by atoms with E-state index in [2.05, 4.69) is 51.6 Å². The molecule has 0 radical (unpaired) electrons. The van der Waals surface area contributed by atoms with Gasteiger partial charge in [0.1, 0.15) is 23.6 Å². The molecule has 6 aromatic rings. The third kappa shape index (κ3) is 4.47. The molecule has 9 nitrogen and oxygen atoms in total. The number of rotatable bonds is 7. The van der Waals surface area contributed by atoms with Crippen LogP contribution in [-0.2, 0) is 11.4 Å². The van der Waals surface area contributed by atoms with E-state index in [-0.39, 0.29) is 12.5 Å². The van der Waals surface area contributed by atoms with Gasteiger partial charge >= 0.3 is 0 Å². The van der Waals surface area contributed by atoms with Crippen LogP contribution in [0.3, 0.4) is 0 Å². The second-order valence-corrected chi connectivity index (χ2v) is 9.55. The van der Waals surface area contributed by atoms with E-state index < -0.39 is 0 Å². The third-order valence-corrected chi connectivity index (χ3v) is 7.17. The van der Waals surface area contributed by atoms with Gasteiger partial charge in [-0.3, -0.25) is 0 Å². The molecule has 3 heterocycles. The van der Waals surface area contributed by atoms with Gasteiger partial charge in [0, 0.05) is 16.9 Å². The topological polar surface area (TPSA) is 92.4 Å². The molecule has 0 bridgehead atoms. The summed E-state index contributed by atoms with van der Waals surface area (Å²) in [5.74, 6) is 3.15. The van der Waals surface area contributed by atoms with Crippen LogP contribution < -0.4 is 14.2 Å². The Bertz CT molecular complexity index is 1900. The van der Waals surface area contributed by atoms with Gasteiger partial charge in [-0.05, 0) is 52.9 Å². The first-order valence-corrected chi connectivity index (χ1v) is 13.1. The van der Waals surface area contributed by atoms with Crippen LogP contribution in [0.15, 0.2) is 96.4 Å². The van der Waals surface area contributed by atoms with Crippen molar-refractivity contribution >= 4 is 22.6 Å². The normalized spacial score (nSPS) is 14.0. The zero-order valence-electron chi connectivity index (χ0n) is 22.4. The standard InChI is InChI=1S/C32H25N5O4/c1-38-23-12-7-20(8-13-23)17-34-40-18-27-35-31-29-28(22-9-14-24(39-2)15-10-22)26-16-11-21-5-3-4-6-25(21)30(26)41-32(29)33-19-37(31)36-27/h3-17,19,28H,18H2,1-2H3. The summed E-state index contributed by atoms with van der Waals surface area (Å²) in [6.07, 6.45) is 3.25. The van der Waals surface area contributed by atoms with Crippen LogP contribution in [0, 0.1) is 0 Å². The maximum absolute atomic E-state index is 6.49. The highest BCUT2D eigenvalue weighted by atomic mass is 16.6. The molecule has 7 rings (SSSR count). The number of aromatic nitrogens is 4. The molecule has 4 aromatic carbocycles. The third-order valence-electron chi connectivity index (χ3n) is 7.17. The van der Waals surface area contributed by atoms with E-state index in [1.54, 1.807) is 31.3 Å². The fourth-order valence-corrected chi connectivity index (χ4v) is 5.18. The van der Waals surface area contributed by atoms with Crippen molar-refractivity contribution in [3.8, 4) is 23.1 Å². The summed E-state index contributed by atoms with van der Waals surface area (Å²) in [6, 6.07) is 28.0. The number of hydrogen-bond donors (Lipinski definition) is 0. The van der Waals surface area contributed by atoms with Crippen molar-refractivity contribution in [3.63, 3.8) is 0 Å². The van der Waals surface area contributed by atoms with Gasteiger partial charge in [-0.15, -0.1) is 5.10 Å². The molecule has 0 amide bonds. The molecule has 202 valence electrons. The molecular weight excluding hydrogens is 518 g/mol. The molecule has 2 aromatic heterocycles. The van der Waals surface area contributed by atoms with Crippen LogP contribution in [0.4, 0.5) is 0 Å². The van der Waals surface area contributed by atoms with Crippen LogP contribution in [0.1, 0.15) is 34.0 Å². The summed E-state index contributed by atoms with van der Waals surface area (Å²) in [5.41, 5.74) is 4.46. The molecule has 41 heavy (non-hydrogen) atoms. The van der Waals surface area contributed by atoms with Gasteiger partial charge in [0.2, 0.25) is 5.88 Å². The van der Waals surface area contributed by atoms with Crippen LogP contribution in [-0.4, -0.2) is 40.0 Å². The molecular formula is C32H25N5O4. The Balaban J connectivity index is 1.26. The molecule has 0 saturated heterocycles. The van der Waals surface area contributed by atoms with E-state index in [0.29, 0.717) is 17.4 Å². The number of benzene rings is 4. The van der Waals surface area contributed by atoms with Crippen molar-refractivity contribution in [3.05, 3.63) is 119 Å². The number of ether oxygens (including phenoxy) is 3. The fraction of sp³-hybridized carbons (Fsp3) is 0.125. The van der Waals surface area contributed by atoms with Crippen LogP contribution in [0.25, 0.3) is 16.4 Å². The Morgan fingerprint density at radius 2 is 1.66 bits per heavy atom. The van der Waals surface area contributed by atoms with Gasteiger partial charge in [-0.25, -0.2) is 14.5 Å². The van der Waals surface area contributed by atoms with Gasteiger partial charge in [0.25, 0.3) is 0 Å². The zero-order chi connectivity index (χ0) is 27.8. The summed E-state index contributed by atoms with van der Waals surface area (Å²) in [6.45, 7) is 0.0956. The van der Waals surface area contributed by atoms with Crippen molar-refractivity contribution in [1.29, 1.82) is 0 Å². The van der Waals surface area contributed by atoms with E-state index in [4.69, 9.17) is 24.0 Å². The van der Waals surface area contributed by atoms with Gasteiger partial charge in [0.15, 0.2) is 18.1 Å². The number of nitrogens with zero attached hydrogens (tertiary/aromatic N) is 5. The number of methoxy groups -OCH3 is 2. The minimum atomic E-state index is -0.188. The predicted molar refractivity (Wildman–Crippen MR) is 154 cm³/mol. The SMILES string of the molecule is COc1ccc(C=NOCc2nc3c4c(ncn3n2)Oc2c(ccc3ccccc23)C4c2ccc(OC)cc2)cc1. The van der Waals surface area contributed by atoms with Crippen LogP contribution >= 0.6 is 0 Å². The predicted octanol–water partition coefficient (Wildman–Crippen LogP) is 6.13. The molecule has 1 atom stereocenters. The first-order valence-electron chi connectivity index (χ1n) is 13.1. The zero-order valence-corrected chi connectivity index (χ0v) is 22.4. The summed E-state index contributed by atoms with van der Waals surface area (Å²) in [7, 11) is 3.29. The van der Waals surface area contributed by atoms with Crippen molar-refractivity contribution in [2.75, 3.05) is 14.2 Å². The van der Waals surface area contributed by atoms with Crippen LogP contribution in [0.2, 0.25) is 0 Å². The number of fused-ring (bicyclic) bond motifs is 6. The molecule has 0 aliphatic carbocycles. The summed E-state index contributed by atoms with van der Waals surface area (Å²) in [5, 5.41) is 10.8. The van der Waals surface area contributed by atoms with Gasteiger partial charge < -0.3 is 19.0 Å². The van der Waals surface area contributed by atoms with E-state index >= 15 is 0 Å². The Hall–Kier alpha value is -5.44. The summed E-state index contributed by atoms with van der Waals surface area (Å²) < 4.78 is 18.8. The lowest BCUT2D eigenvalue weighted by Crippen LogP contribution is -2.15. The molecule has 1 aliphatic heterocycles. The van der Waals surface area contributed by atoms with Gasteiger partial charge in [-0.1, -0.05) is 53.7 Å². The van der Waals surface area contributed by atoms with Crippen molar-refractivity contribution in [1.82, 2.24) is 19.6 Å². The van der Waals surface area contributed by atoms with E-state index in [9.17, 15) is 0 Å². The lowest BCUT2D eigenvalue weighted by Gasteiger charge is -2.28. The molecule has 1 aliphatic rings. The van der Waals surface area contributed by atoms with E-state index in [1.807, 2.05) is 48.5 Å². The highest BCUT2D eigenvalue weighted by Gasteiger charge is 2.34. The van der Waals surface area contributed by atoms with Crippen molar-refractivity contribution < 1.29 is 19.0 Å². The number of oxime groups is 1. The summed E-state index contributed by atoms with van der Waals surface area (Å²) in [4.78, 5) is 15.0. The number of hydrogen-bond acceptors (Lipinski definition) is 8. The average Bonchev–Trinajstić information content (AvgIpc) is 3.46. The second kappa shape index (κ2) is 10.3. The first-order chi connectivity index (χ1) is 20.2. The minimum absolute atomic E-state index is 0.0956. The fourth-order valence-electron chi connectivity index (χ4n) is 5.18. The second-order valence-electron chi connectivity index (χ2n) is 9.55. The highest BCUT2D eigenvalue weighted by Crippen LogP contribution is 2.50. The Labute approximate surface area is 235 Å². The molecule has 0 spiro atoms. The van der Waals surface area contributed by atoms with Gasteiger partial charge in [-0.2, -0.15) is 0 Å². The maximum Gasteiger partial charge on any atom is 0.228 e. The lowest BCUT2D eigenvalue weighted by molar-refractivity contribution is 0.126. The average molecular weight is 544 g/mol. The minimum Gasteiger partial charge on any atom is -0.497 e. The molecule has 0 fully saturated rings. The van der Waals surface area contributed by atoms with Crippen LogP contribution in [0.5, 0.6) is 23.1 Å². The molecule has 0 saturated carbocycles. The Morgan fingerprint density at radius 3 is 2.44 bits per heavy atom. The first kappa shape index (κ1) is 24.6. The van der Waals surface area contributed by atoms with Gasteiger partial charge in [0.05, 0.1) is 26.0 Å². The van der Waals surface area contributed by atoms with Crippen molar-refractivity contribution in [2.45, 2.75) is 12.5 Å². The Kier molecular flexibility index (Phi) is 6.16. The van der Waals surface area contributed by atoms with E-state index in [0.717, 1.165) is 50.3 Å². The highest BCUT2D eigenvalue weighted by molar-refractivity contribution is 5.91. The van der Waals surface area contributed by atoms with Crippen molar-refractivity contribution in [2.24, 2.45) is 5.16 Å². The maximum atomic E-state index is 6.49. The molecule has 0 N–H and O–H groups in total. The molecule has 9 heteroatoms. The summed E-state index contributed by atoms with van der Waals surface area (Å²) >= 11 is 0. The smallest absolute Gasteiger partial charge is 0.228 e. The largest absolute Gasteiger partial charge is 0.497 e. The quantitative estimate of drug-likeness (QED) is 0.176. The lowest BCUT2D eigenvalue weighted by atomic mass is 9.83.